The fraction of sp³-hybridized carbons (Fsp3) is 0.238. The summed E-state index contributed by atoms with van der Waals surface area (Å²) in [5.74, 6) is 1.14. The summed E-state index contributed by atoms with van der Waals surface area (Å²) >= 11 is 2.30. The molecule has 0 unspecified atom stereocenters. The minimum Gasteiger partial charge on any atom is -0.493 e. The van der Waals surface area contributed by atoms with Gasteiger partial charge in [0.2, 0.25) is 0 Å². The number of carbonyl (C=O) groups is 1. The molecule has 1 aliphatic heterocycles. The molecule has 2 aromatic carbocycles. The number of rotatable bonds is 4. The van der Waals surface area contributed by atoms with Crippen molar-refractivity contribution in [2.24, 2.45) is 0 Å². The Labute approximate surface area is 170 Å². The lowest BCUT2D eigenvalue weighted by molar-refractivity contribution is 0.0423. The van der Waals surface area contributed by atoms with Gasteiger partial charge < -0.3 is 14.2 Å². The Balaban J connectivity index is 1.78. The summed E-state index contributed by atoms with van der Waals surface area (Å²) in [6, 6.07) is 9.99. The smallest absolute Gasteiger partial charge is 0.339 e. The number of nitrogens with zero attached hydrogens (tertiary/aromatic N) is 1. The number of aromatic nitrogens is 1. The molecule has 2 heterocycles. The summed E-state index contributed by atoms with van der Waals surface area (Å²) in [6.45, 7) is 1.87. The molecule has 27 heavy (non-hydrogen) atoms. The van der Waals surface area contributed by atoms with Gasteiger partial charge in [-0.1, -0.05) is 6.07 Å². The van der Waals surface area contributed by atoms with E-state index in [0.717, 1.165) is 31.2 Å². The van der Waals surface area contributed by atoms with Crippen LogP contribution in [0.15, 0.2) is 36.5 Å². The number of methoxy groups -OCH3 is 2. The van der Waals surface area contributed by atoms with E-state index in [2.05, 4.69) is 27.6 Å². The lowest BCUT2D eigenvalue weighted by Gasteiger charge is -2.12. The Hall–Kier alpha value is -2.35. The van der Waals surface area contributed by atoms with E-state index in [1.54, 1.807) is 20.4 Å². The molecule has 0 radical (unpaired) electrons. The van der Waals surface area contributed by atoms with Gasteiger partial charge in [-0.15, -0.1) is 0 Å². The Morgan fingerprint density at radius 1 is 1.15 bits per heavy atom. The summed E-state index contributed by atoms with van der Waals surface area (Å²) in [6.07, 6.45) is 2.20. The maximum atomic E-state index is 12.3. The second-order valence-electron chi connectivity index (χ2n) is 6.46. The van der Waals surface area contributed by atoms with E-state index in [-0.39, 0.29) is 12.1 Å². The Bertz CT molecular complexity index is 1060. The third-order valence-corrected chi connectivity index (χ3v) is 5.84. The van der Waals surface area contributed by atoms with Gasteiger partial charge in [-0.05, 0) is 71.3 Å². The lowest BCUT2D eigenvalue weighted by Crippen LogP contribution is -1.99. The number of pyridine rings is 1. The molecule has 0 saturated heterocycles. The van der Waals surface area contributed by atoms with E-state index in [1.807, 2.05) is 37.3 Å². The van der Waals surface area contributed by atoms with Crippen LogP contribution < -0.4 is 9.47 Å². The number of ether oxygens (including phenoxy) is 3. The first kappa shape index (κ1) is 18.0. The lowest BCUT2D eigenvalue weighted by atomic mass is 9.98. The van der Waals surface area contributed by atoms with Gasteiger partial charge in [0, 0.05) is 20.7 Å². The van der Waals surface area contributed by atoms with E-state index in [9.17, 15) is 4.79 Å². The fourth-order valence-corrected chi connectivity index (χ4v) is 4.07. The monoisotopic (exact) mass is 475 g/mol. The van der Waals surface area contributed by atoms with Gasteiger partial charge in [0.1, 0.15) is 6.10 Å². The van der Waals surface area contributed by atoms with Crippen molar-refractivity contribution in [1.29, 1.82) is 0 Å². The zero-order chi connectivity index (χ0) is 19.1. The van der Waals surface area contributed by atoms with Crippen molar-refractivity contribution >= 4 is 39.5 Å². The standard InChI is InChI=1S/C21H18INO4/c1-11-15-10-23-17-5-4-12(7-14(17)20(15)21(24)27-11)6-13-8-18(25-2)19(26-3)9-16(13)22/h4-5,7-11H,6H2,1-3H3/t11-/m0/s1. The van der Waals surface area contributed by atoms with Gasteiger partial charge in [0.05, 0.1) is 25.3 Å². The molecule has 0 spiro atoms. The maximum absolute atomic E-state index is 12.3. The van der Waals surface area contributed by atoms with Crippen molar-refractivity contribution in [3.8, 4) is 11.5 Å². The molecule has 0 amide bonds. The average Bonchev–Trinajstić information content (AvgIpc) is 2.97. The topological polar surface area (TPSA) is 57.7 Å². The molecular weight excluding hydrogens is 457 g/mol. The molecule has 4 rings (SSSR count). The first-order valence-corrected chi connectivity index (χ1v) is 9.62. The molecule has 1 aliphatic rings. The number of hydrogen-bond donors (Lipinski definition) is 0. The van der Waals surface area contributed by atoms with Crippen molar-refractivity contribution in [1.82, 2.24) is 4.98 Å². The number of halogens is 1. The van der Waals surface area contributed by atoms with E-state index >= 15 is 0 Å². The van der Waals surface area contributed by atoms with Gasteiger partial charge in [-0.25, -0.2) is 4.79 Å². The van der Waals surface area contributed by atoms with Crippen molar-refractivity contribution in [2.75, 3.05) is 14.2 Å². The van der Waals surface area contributed by atoms with Crippen LogP contribution in [0.5, 0.6) is 11.5 Å². The largest absolute Gasteiger partial charge is 0.493 e. The molecular formula is C21H18INO4. The van der Waals surface area contributed by atoms with Gasteiger partial charge >= 0.3 is 5.97 Å². The highest BCUT2D eigenvalue weighted by molar-refractivity contribution is 14.1. The van der Waals surface area contributed by atoms with Gasteiger partial charge in [0.25, 0.3) is 0 Å². The fourth-order valence-electron chi connectivity index (χ4n) is 3.44. The Morgan fingerprint density at radius 2 is 1.89 bits per heavy atom. The van der Waals surface area contributed by atoms with Crippen LogP contribution in [0.3, 0.4) is 0 Å². The molecule has 138 valence electrons. The van der Waals surface area contributed by atoms with Crippen molar-refractivity contribution in [3.05, 3.63) is 62.4 Å². The normalized spacial score (nSPS) is 15.6. The van der Waals surface area contributed by atoms with Gasteiger partial charge in [-0.2, -0.15) is 0 Å². The highest BCUT2D eigenvalue weighted by Crippen LogP contribution is 2.36. The Morgan fingerprint density at radius 3 is 2.63 bits per heavy atom. The van der Waals surface area contributed by atoms with Crippen LogP contribution >= 0.6 is 22.6 Å². The maximum Gasteiger partial charge on any atom is 0.339 e. The second kappa shape index (κ2) is 6.99. The van der Waals surface area contributed by atoms with Crippen molar-refractivity contribution in [3.63, 3.8) is 0 Å². The first-order valence-electron chi connectivity index (χ1n) is 8.54. The molecule has 0 aliphatic carbocycles. The number of fused-ring (bicyclic) bond motifs is 3. The zero-order valence-corrected chi connectivity index (χ0v) is 17.4. The highest BCUT2D eigenvalue weighted by atomic mass is 127. The molecule has 5 nitrogen and oxygen atoms in total. The SMILES string of the molecule is COc1cc(I)c(Cc2ccc3ncc4c(c3c2)C(=O)O[C@H]4C)cc1OC. The first-order chi connectivity index (χ1) is 13.0. The van der Waals surface area contributed by atoms with Crippen LogP contribution in [0, 0.1) is 3.57 Å². The molecule has 0 fully saturated rings. The molecule has 0 N–H and O–H groups in total. The summed E-state index contributed by atoms with van der Waals surface area (Å²) in [7, 11) is 3.26. The van der Waals surface area contributed by atoms with E-state index in [1.165, 1.54) is 0 Å². The van der Waals surface area contributed by atoms with Crippen molar-refractivity contribution < 1.29 is 19.0 Å². The summed E-state index contributed by atoms with van der Waals surface area (Å²) in [5.41, 5.74) is 4.51. The molecule has 3 aromatic rings. The minimum atomic E-state index is -0.275. The van der Waals surface area contributed by atoms with E-state index in [4.69, 9.17) is 14.2 Å². The minimum absolute atomic E-state index is 0.250. The number of benzene rings is 2. The molecule has 1 atom stereocenters. The summed E-state index contributed by atoms with van der Waals surface area (Å²) < 4.78 is 17.2. The van der Waals surface area contributed by atoms with E-state index < -0.39 is 0 Å². The molecule has 0 saturated carbocycles. The number of cyclic esters (lactones) is 1. The van der Waals surface area contributed by atoms with Crippen LogP contribution in [0.1, 0.15) is 40.1 Å². The third-order valence-electron chi connectivity index (χ3n) is 4.83. The van der Waals surface area contributed by atoms with Crippen LogP contribution in [0.25, 0.3) is 10.9 Å². The number of carbonyl (C=O) groups excluding carboxylic acids is 1. The van der Waals surface area contributed by atoms with Crippen LogP contribution in [0.2, 0.25) is 0 Å². The van der Waals surface area contributed by atoms with Crippen LogP contribution in [0.4, 0.5) is 0 Å². The predicted octanol–water partition coefficient (Wildman–Crippen LogP) is 4.68. The molecule has 1 aromatic heterocycles. The zero-order valence-electron chi connectivity index (χ0n) is 15.2. The highest BCUT2D eigenvalue weighted by Gasteiger charge is 2.30. The number of esters is 1. The number of hydrogen-bond acceptors (Lipinski definition) is 5. The second-order valence-corrected chi connectivity index (χ2v) is 7.63. The van der Waals surface area contributed by atoms with Gasteiger partial charge in [-0.3, -0.25) is 4.98 Å². The summed E-state index contributed by atoms with van der Waals surface area (Å²) in [4.78, 5) is 16.8. The predicted molar refractivity (Wildman–Crippen MR) is 111 cm³/mol. The van der Waals surface area contributed by atoms with Crippen LogP contribution in [-0.2, 0) is 11.2 Å². The van der Waals surface area contributed by atoms with E-state index in [0.29, 0.717) is 23.5 Å². The third kappa shape index (κ3) is 3.12. The average molecular weight is 475 g/mol. The quantitative estimate of drug-likeness (QED) is 0.405. The Kier molecular flexibility index (Phi) is 4.67. The molecule has 6 heteroatoms. The van der Waals surface area contributed by atoms with Crippen LogP contribution in [-0.4, -0.2) is 25.2 Å². The molecule has 0 bridgehead atoms. The van der Waals surface area contributed by atoms with Crippen molar-refractivity contribution in [2.45, 2.75) is 19.4 Å². The summed E-state index contributed by atoms with van der Waals surface area (Å²) in [5, 5.41) is 0.842. The van der Waals surface area contributed by atoms with Gasteiger partial charge in [0.15, 0.2) is 11.5 Å².